The Hall–Kier alpha value is -1.47. The number of amides is 2. The second kappa shape index (κ2) is 8.11. The Morgan fingerprint density at radius 3 is 2.54 bits per heavy atom. The van der Waals surface area contributed by atoms with Crippen molar-refractivity contribution in [1.82, 2.24) is 4.90 Å². The molecule has 0 unspecified atom stereocenters. The van der Waals surface area contributed by atoms with Gasteiger partial charge < -0.3 is 14.2 Å². The van der Waals surface area contributed by atoms with E-state index in [-0.39, 0.29) is 17.9 Å². The average Bonchev–Trinajstić information content (AvgIpc) is 3.21. The van der Waals surface area contributed by atoms with Gasteiger partial charge in [-0.2, -0.15) is 0 Å². The molecule has 2 heterocycles. The highest BCUT2D eigenvalue weighted by Crippen LogP contribution is 2.35. The minimum Gasteiger partial charge on any atom is -0.487 e. The lowest BCUT2D eigenvalue weighted by Gasteiger charge is -2.12. The first-order valence-corrected chi connectivity index (χ1v) is 11.1. The van der Waals surface area contributed by atoms with Crippen molar-refractivity contribution in [3.63, 3.8) is 0 Å². The van der Waals surface area contributed by atoms with Gasteiger partial charge in [-0.15, -0.1) is 0 Å². The van der Waals surface area contributed by atoms with E-state index < -0.39 is 0 Å². The van der Waals surface area contributed by atoms with Gasteiger partial charge in [0, 0.05) is 7.05 Å². The van der Waals surface area contributed by atoms with Gasteiger partial charge in [-0.1, -0.05) is 6.07 Å². The number of halogens is 2. The van der Waals surface area contributed by atoms with Crippen molar-refractivity contribution in [3.05, 3.63) is 53.5 Å². The molecule has 0 radical (unpaired) electrons. The lowest BCUT2D eigenvalue weighted by Crippen LogP contribution is -2.22. The zero-order valence-electron chi connectivity index (χ0n) is 14.5. The summed E-state index contributed by atoms with van der Waals surface area (Å²) in [4.78, 5) is 25.3. The largest absolute Gasteiger partial charge is 0.487 e. The van der Waals surface area contributed by atoms with Crippen molar-refractivity contribution in [2.75, 3.05) is 13.8 Å². The van der Waals surface area contributed by atoms with Crippen LogP contribution in [0.25, 0.3) is 6.08 Å². The van der Waals surface area contributed by atoms with Crippen LogP contribution in [0.2, 0.25) is 0 Å². The fourth-order valence-corrected chi connectivity index (χ4v) is 5.64. The first-order chi connectivity index (χ1) is 13.4. The standard InChI is InChI=1S/C19H13I2NO5S/c1-22-18(23)16(28-19(22)24)7-11-4-12(20)17(13(21)5-11)25-8-10-2-3-14-15(6-10)27-9-26-14/h2-7H,8-9H2,1H3/b16-7-. The molecule has 0 saturated carbocycles. The number of imide groups is 1. The molecule has 0 aliphatic carbocycles. The third kappa shape index (κ3) is 3.96. The molecule has 144 valence electrons. The summed E-state index contributed by atoms with van der Waals surface area (Å²) in [6, 6.07) is 9.60. The number of thioether (sulfide) groups is 1. The summed E-state index contributed by atoms with van der Waals surface area (Å²) in [6.45, 7) is 0.644. The smallest absolute Gasteiger partial charge is 0.293 e. The summed E-state index contributed by atoms with van der Waals surface area (Å²) in [5.41, 5.74) is 1.83. The fraction of sp³-hybridized carbons (Fsp3) is 0.158. The van der Waals surface area contributed by atoms with E-state index in [0.29, 0.717) is 11.5 Å². The SMILES string of the molecule is CN1C(=O)S/C(=C\c2cc(I)c(OCc3ccc4c(c3)OCO4)c(I)c2)C1=O. The Labute approximate surface area is 192 Å². The molecule has 4 rings (SSSR count). The molecule has 0 bridgehead atoms. The lowest BCUT2D eigenvalue weighted by atomic mass is 10.2. The zero-order chi connectivity index (χ0) is 19.8. The quantitative estimate of drug-likeness (QED) is 0.359. The van der Waals surface area contributed by atoms with Crippen molar-refractivity contribution in [2.24, 2.45) is 0 Å². The molecule has 0 aromatic heterocycles. The maximum Gasteiger partial charge on any atom is 0.293 e. The molecule has 2 aromatic carbocycles. The Kier molecular flexibility index (Phi) is 5.74. The number of ether oxygens (including phenoxy) is 3. The van der Waals surface area contributed by atoms with Gasteiger partial charge in [0.15, 0.2) is 11.5 Å². The summed E-state index contributed by atoms with van der Waals surface area (Å²) < 4.78 is 18.6. The number of rotatable bonds is 4. The summed E-state index contributed by atoms with van der Waals surface area (Å²) in [7, 11) is 1.49. The number of hydrogen-bond acceptors (Lipinski definition) is 6. The molecule has 1 fully saturated rings. The Bertz CT molecular complexity index is 1000. The van der Waals surface area contributed by atoms with Crippen LogP contribution in [0.5, 0.6) is 17.2 Å². The summed E-state index contributed by atoms with van der Waals surface area (Å²) in [5, 5.41) is -0.260. The maximum absolute atomic E-state index is 12.1. The Morgan fingerprint density at radius 2 is 1.86 bits per heavy atom. The predicted molar refractivity (Wildman–Crippen MR) is 123 cm³/mol. The van der Waals surface area contributed by atoms with Crippen LogP contribution in [0.3, 0.4) is 0 Å². The normalized spacial score (nSPS) is 17.0. The van der Waals surface area contributed by atoms with Crippen LogP contribution in [0.1, 0.15) is 11.1 Å². The van der Waals surface area contributed by atoms with Crippen molar-refractivity contribution in [3.8, 4) is 17.2 Å². The number of fused-ring (bicyclic) bond motifs is 1. The molecule has 0 atom stereocenters. The van der Waals surface area contributed by atoms with Crippen LogP contribution in [-0.4, -0.2) is 29.9 Å². The molecule has 9 heteroatoms. The van der Waals surface area contributed by atoms with Crippen LogP contribution < -0.4 is 14.2 Å². The monoisotopic (exact) mass is 621 g/mol. The zero-order valence-corrected chi connectivity index (χ0v) is 19.7. The maximum atomic E-state index is 12.1. The molecule has 2 aromatic rings. The minimum atomic E-state index is -0.275. The highest BCUT2D eigenvalue weighted by molar-refractivity contribution is 14.1. The van der Waals surface area contributed by atoms with Gasteiger partial charge in [-0.25, -0.2) is 0 Å². The van der Waals surface area contributed by atoms with E-state index in [1.807, 2.05) is 30.3 Å². The van der Waals surface area contributed by atoms with Crippen molar-refractivity contribution >= 4 is 74.2 Å². The molecule has 2 amide bonds. The van der Waals surface area contributed by atoms with E-state index in [4.69, 9.17) is 14.2 Å². The summed E-state index contributed by atoms with van der Waals surface area (Å²) in [6.07, 6.45) is 1.74. The summed E-state index contributed by atoms with van der Waals surface area (Å²) >= 11 is 5.37. The Morgan fingerprint density at radius 1 is 1.14 bits per heavy atom. The molecule has 2 aliphatic rings. The number of nitrogens with zero attached hydrogens (tertiary/aromatic N) is 1. The van der Waals surface area contributed by atoms with Gasteiger partial charge in [0.1, 0.15) is 12.4 Å². The van der Waals surface area contributed by atoms with Gasteiger partial charge in [-0.05, 0) is 98.4 Å². The van der Waals surface area contributed by atoms with E-state index in [2.05, 4.69) is 45.2 Å². The second-order valence-corrected chi connectivity index (χ2v) is 9.35. The molecular formula is C19H13I2NO5S. The third-order valence-electron chi connectivity index (χ3n) is 4.13. The van der Waals surface area contributed by atoms with Crippen LogP contribution in [0.15, 0.2) is 35.2 Å². The number of hydrogen-bond donors (Lipinski definition) is 0. The average molecular weight is 621 g/mol. The van der Waals surface area contributed by atoms with Crippen LogP contribution in [-0.2, 0) is 11.4 Å². The van der Waals surface area contributed by atoms with Crippen LogP contribution >= 0.6 is 56.9 Å². The number of carbonyl (C=O) groups excluding carboxylic acids is 2. The number of benzene rings is 2. The number of likely N-dealkylation sites (N-methyl/N-ethyl adjacent to an activating group) is 1. The molecular weight excluding hydrogens is 608 g/mol. The number of carbonyl (C=O) groups is 2. The molecule has 1 saturated heterocycles. The van der Waals surface area contributed by atoms with Crippen molar-refractivity contribution in [2.45, 2.75) is 6.61 Å². The predicted octanol–water partition coefficient (Wildman–Crippen LogP) is 4.87. The van der Waals surface area contributed by atoms with Crippen LogP contribution in [0, 0.1) is 7.14 Å². The van der Waals surface area contributed by atoms with Gasteiger partial charge in [0.2, 0.25) is 6.79 Å². The molecule has 6 nitrogen and oxygen atoms in total. The van der Waals surface area contributed by atoms with E-state index in [9.17, 15) is 9.59 Å². The van der Waals surface area contributed by atoms with E-state index in [1.165, 1.54) is 7.05 Å². The van der Waals surface area contributed by atoms with Gasteiger partial charge in [0.05, 0.1) is 12.0 Å². The minimum absolute atomic E-state index is 0.245. The van der Waals surface area contributed by atoms with Crippen molar-refractivity contribution in [1.29, 1.82) is 0 Å². The topological polar surface area (TPSA) is 65.1 Å². The first-order valence-electron chi connectivity index (χ1n) is 8.14. The van der Waals surface area contributed by atoms with E-state index in [0.717, 1.165) is 52.2 Å². The fourth-order valence-electron chi connectivity index (χ4n) is 2.68. The third-order valence-corrected chi connectivity index (χ3v) is 6.69. The lowest BCUT2D eigenvalue weighted by molar-refractivity contribution is -0.121. The van der Waals surface area contributed by atoms with Gasteiger partial charge >= 0.3 is 0 Å². The molecule has 28 heavy (non-hydrogen) atoms. The van der Waals surface area contributed by atoms with Gasteiger partial charge in [-0.3, -0.25) is 14.5 Å². The molecule has 0 N–H and O–H groups in total. The molecule has 2 aliphatic heterocycles. The van der Waals surface area contributed by atoms with Crippen molar-refractivity contribution < 1.29 is 23.8 Å². The summed E-state index contributed by atoms with van der Waals surface area (Å²) in [5.74, 6) is 1.97. The van der Waals surface area contributed by atoms with Gasteiger partial charge in [0.25, 0.3) is 11.1 Å². The highest BCUT2D eigenvalue weighted by Gasteiger charge is 2.31. The molecule has 0 spiro atoms. The first kappa shape index (κ1) is 19.8. The van der Waals surface area contributed by atoms with E-state index >= 15 is 0 Å². The highest BCUT2D eigenvalue weighted by atomic mass is 127. The second-order valence-electron chi connectivity index (χ2n) is 6.03. The Balaban J connectivity index is 1.52. The van der Waals surface area contributed by atoms with Crippen LogP contribution in [0.4, 0.5) is 4.79 Å². The van der Waals surface area contributed by atoms with E-state index in [1.54, 1.807) is 6.08 Å².